The number of nitrogens with zero attached hydrogens (tertiary/aromatic N) is 2. The Morgan fingerprint density at radius 3 is 2.33 bits per heavy atom. The van der Waals surface area contributed by atoms with Crippen molar-refractivity contribution >= 4 is 29.5 Å². The van der Waals surface area contributed by atoms with Crippen molar-refractivity contribution in [2.75, 3.05) is 32.0 Å². The van der Waals surface area contributed by atoms with E-state index in [2.05, 4.69) is 10.6 Å². The van der Waals surface area contributed by atoms with Crippen molar-refractivity contribution in [2.24, 2.45) is 0 Å². The van der Waals surface area contributed by atoms with E-state index < -0.39 is 23.0 Å². The molecule has 0 radical (unpaired) electrons. The molecule has 43 heavy (non-hydrogen) atoms. The molecule has 2 heterocycles. The molecule has 0 bridgehead atoms. The number of likely N-dealkylation sites (N-methyl/N-ethyl adjacent to an activating group) is 1. The lowest BCUT2D eigenvalue weighted by Gasteiger charge is -2.44. The highest BCUT2D eigenvalue weighted by atomic mass is 16.6. The highest BCUT2D eigenvalue weighted by Crippen LogP contribution is 2.34. The molecular formula is C33H40N4O6. The van der Waals surface area contributed by atoms with Gasteiger partial charge in [0.25, 0.3) is 11.8 Å². The Labute approximate surface area is 252 Å². The molecule has 0 spiro atoms. The van der Waals surface area contributed by atoms with Crippen molar-refractivity contribution < 1.29 is 28.3 Å². The van der Waals surface area contributed by atoms with Crippen LogP contribution in [0.15, 0.2) is 52.9 Å². The lowest BCUT2D eigenvalue weighted by Crippen LogP contribution is -2.63. The Morgan fingerprint density at radius 1 is 1.02 bits per heavy atom. The number of hydrogen-bond donors (Lipinski definition) is 2. The van der Waals surface area contributed by atoms with Crippen LogP contribution in [0, 0.1) is 6.92 Å². The highest BCUT2D eigenvalue weighted by Gasteiger charge is 2.45. The van der Waals surface area contributed by atoms with E-state index >= 15 is 0 Å². The predicted molar refractivity (Wildman–Crippen MR) is 164 cm³/mol. The van der Waals surface area contributed by atoms with Crippen LogP contribution in [-0.2, 0) is 10.2 Å². The molecular weight excluding hydrogens is 548 g/mol. The summed E-state index contributed by atoms with van der Waals surface area (Å²) in [5.41, 5.74) is 1.83. The number of aryl methyl sites for hydroxylation is 1. The monoisotopic (exact) mass is 588 g/mol. The van der Waals surface area contributed by atoms with Gasteiger partial charge in [-0.25, -0.2) is 4.79 Å². The van der Waals surface area contributed by atoms with E-state index in [0.29, 0.717) is 36.7 Å². The fourth-order valence-electron chi connectivity index (χ4n) is 4.99. The summed E-state index contributed by atoms with van der Waals surface area (Å²) in [4.78, 5) is 54.9. The molecule has 1 aliphatic rings. The SMILES string of the molecule is CCNC(=O)c1ccc(-c2cc(OC(=O)Nc3cc(C(C)(C)C)oc3C(=O)N3CCN(C)C(=O)C3(C)C)ccc2C)cc1. The first-order chi connectivity index (χ1) is 20.1. The van der Waals surface area contributed by atoms with Gasteiger partial charge in [-0.15, -0.1) is 0 Å². The number of anilines is 1. The Hall–Kier alpha value is -4.60. The van der Waals surface area contributed by atoms with Crippen molar-refractivity contribution in [3.05, 3.63) is 71.2 Å². The lowest BCUT2D eigenvalue weighted by molar-refractivity contribution is -0.144. The minimum absolute atomic E-state index is 0.0657. The van der Waals surface area contributed by atoms with Crippen molar-refractivity contribution in [2.45, 2.75) is 59.4 Å². The van der Waals surface area contributed by atoms with E-state index in [1.165, 1.54) is 4.90 Å². The Morgan fingerprint density at radius 2 is 1.70 bits per heavy atom. The lowest BCUT2D eigenvalue weighted by atomic mass is 9.93. The average Bonchev–Trinajstić information content (AvgIpc) is 3.37. The molecule has 3 aromatic rings. The van der Waals surface area contributed by atoms with Crippen LogP contribution in [0.5, 0.6) is 5.75 Å². The number of amides is 4. The fourth-order valence-corrected chi connectivity index (χ4v) is 4.99. The Kier molecular flexibility index (Phi) is 8.71. The van der Waals surface area contributed by atoms with Gasteiger partial charge in [0.1, 0.15) is 17.0 Å². The summed E-state index contributed by atoms with van der Waals surface area (Å²) in [5.74, 6) is -0.0936. The van der Waals surface area contributed by atoms with Crippen LogP contribution in [0.2, 0.25) is 0 Å². The second kappa shape index (κ2) is 11.9. The molecule has 1 saturated heterocycles. The molecule has 0 unspecified atom stereocenters. The van der Waals surface area contributed by atoms with Gasteiger partial charge in [0.05, 0.1) is 5.69 Å². The maximum absolute atomic E-state index is 13.8. The van der Waals surface area contributed by atoms with Gasteiger partial charge < -0.3 is 24.3 Å². The van der Waals surface area contributed by atoms with Crippen molar-refractivity contribution in [3.63, 3.8) is 0 Å². The normalized spacial score (nSPS) is 14.8. The summed E-state index contributed by atoms with van der Waals surface area (Å²) in [6, 6.07) is 14.1. The molecule has 2 N–H and O–H groups in total. The van der Waals surface area contributed by atoms with Gasteiger partial charge in [0.15, 0.2) is 0 Å². The first kappa shape index (κ1) is 31.3. The first-order valence-electron chi connectivity index (χ1n) is 14.3. The quantitative estimate of drug-likeness (QED) is 0.386. The van der Waals surface area contributed by atoms with Crippen molar-refractivity contribution in [3.8, 4) is 16.9 Å². The second-order valence-corrected chi connectivity index (χ2v) is 12.3. The van der Waals surface area contributed by atoms with E-state index in [4.69, 9.17) is 9.15 Å². The zero-order chi connectivity index (χ0) is 31.7. The number of nitrogens with one attached hydrogen (secondary N) is 2. The topological polar surface area (TPSA) is 121 Å². The summed E-state index contributed by atoms with van der Waals surface area (Å²) >= 11 is 0. The molecule has 4 amide bonds. The van der Waals surface area contributed by atoms with E-state index in [0.717, 1.165) is 16.7 Å². The number of carbonyl (C=O) groups is 4. The van der Waals surface area contributed by atoms with Gasteiger partial charge >= 0.3 is 6.09 Å². The van der Waals surface area contributed by atoms with E-state index in [1.807, 2.05) is 52.8 Å². The van der Waals surface area contributed by atoms with Crippen LogP contribution < -0.4 is 15.4 Å². The molecule has 228 valence electrons. The third-order valence-electron chi connectivity index (χ3n) is 7.57. The predicted octanol–water partition coefficient (Wildman–Crippen LogP) is 5.61. The molecule has 0 saturated carbocycles. The standard InChI is InChI=1S/C33H40N4O6/c1-9-34-28(38)22-13-11-21(12-14-22)24-18-23(15-10-20(24)2)42-31(41)35-25-19-26(32(3,4)5)43-27(25)29(39)37-17-16-36(8)30(40)33(37,6)7/h10-15,18-19H,9,16-17H2,1-8H3,(H,34,38)(H,35,41). The Bertz CT molecular complexity index is 1550. The van der Waals surface area contributed by atoms with Crippen LogP contribution >= 0.6 is 0 Å². The molecule has 10 nitrogen and oxygen atoms in total. The number of benzene rings is 2. The largest absolute Gasteiger partial charge is 0.453 e. The van der Waals surface area contributed by atoms with E-state index in [-0.39, 0.29) is 23.3 Å². The number of hydrogen-bond acceptors (Lipinski definition) is 6. The zero-order valence-corrected chi connectivity index (χ0v) is 26.1. The molecule has 0 aliphatic carbocycles. The van der Waals surface area contributed by atoms with Gasteiger partial charge in [0.2, 0.25) is 11.7 Å². The maximum Gasteiger partial charge on any atom is 0.417 e. The molecule has 4 rings (SSSR count). The third kappa shape index (κ3) is 6.58. The van der Waals surface area contributed by atoms with Gasteiger partial charge in [0, 0.05) is 43.7 Å². The number of carbonyl (C=O) groups excluding carboxylic acids is 4. The van der Waals surface area contributed by atoms with Crippen molar-refractivity contribution in [1.29, 1.82) is 0 Å². The number of ether oxygens (including phenoxy) is 1. The average molecular weight is 589 g/mol. The molecule has 10 heteroatoms. The summed E-state index contributed by atoms with van der Waals surface area (Å²) in [6.45, 7) is 14.2. The third-order valence-corrected chi connectivity index (χ3v) is 7.57. The number of rotatable bonds is 6. The summed E-state index contributed by atoms with van der Waals surface area (Å²) < 4.78 is 11.7. The minimum atomic E-state index is -1.09. The first-order valence-corrected chi connectivity index (χ1v) is 14.3. The van der Waals surface area contributed by atoms with Crippen LogP contribution in [-0.4, -0.2) is 65.8 Å². The zero-order valence-electron chi connectivity index (χ0n) is 26.1. The number of furan rings is 1. The van der Waals surface area contributed by atoms with Gasteiger partial charge in [-0.1, -0.05) is 39.0 Å². The van der Waals surface area contributed by atoms with Gasteiger partial charge in [-0.3, -0.25) is 19.7 Å². The minimum Gasteiger partial charge on any atom is -0.453 e. The molecule has 1 aromatic heterocycles. The van der Waals surface area contributed by atoms with Gasteiger partial charge in [-0.05, 0) is 68.7 Å². The van der Waals surface area contributed by atoms with Gasteiger partial charge in [-0.2, -0.15) is 0 Å². The van der Waals surface area contributed by atoms with Crippen LogP contribution in [0.1, 0.15) is 73.8 Å². The molecule has 2 aromatic carbocycles. The van der Waals surface area contributed by atoms with Crippen LogP contribution in [0.25, 0.3) is 11.1 Å². The summed E-state index contributed by atoms with van der Waals surface area (Å²) in [7, 11) is 1.71. The maximum atomic E-state index is 13.8. The summed E-state index contributed by atoms with van der Waals surface area (Å²) in [5, 5.41) is 5.46. The Balaban J connectivity index is 1.57. The number of piperazine rings is 1. The van der Waals surface area contributed by atoms with E-state index in [1.54, 1.807) is 56.1 Å². The van der Waals surface area contributed by atoms with Crippen molar-refractivity contribution in [1.82, 2.24) is 15.1 Å². The highest BCUT2D eigenvalue weighted by molar-refractivity contribution is 6.04. The van der Waals surface area contributed by atoms with Crippen LogP contribution in [0.4, 0.5) is 10.5 Å². The smallest absolute Gasteiger partial charge is 0.417 e. The van der Waals surface area contributed by atoms with E-state index in [9.17, 15) is 19.2 Å². The molecule has 1 fully saturated rings. The summed E-state index contributed by atoms with van der Waals surface area (Å²) in [6.07, 6.45) is -0.801. The van der Waals surface area contributed by atoms with Crippen LogP contribution in [0.3, 0.4) is 0 Å². The second-order valence-electron chi connectivity index (χ2n) is 12.3. The molecule has 0 atom stereocenters. The fraction of sp³-hybridized carbons (Fsp3) is 0.394. The molecule has 1 aliphatic heterocycles.